The number of nitrogens with one attached hydrogen (secondary N) is 1. The van der Waals surface area contributed by atoms with E-state index in [1.54, 1.807) is 17.3 Å². The van der Waals surface area contributed by atoms with Crippen molar-refractivity contribution in [1.29, 1.82) is 0 Å². The molecule has 0 radical (unpaired) electrons. The number of carbonyl (C=O) groups excluding carboxylic acids is 2. The lowest BCUT2D eigenvalue weighted by Crippen LogP contribution is -2.42. The molecule has 1 N–H and O–H groups in total. The molecule has 2 amide bonds. The van der Waals surface area contributed by atoms with Crippen LogP contribution in [0, 0.1) is 0 Å². The molecule has 1 atom stereocenters. The molecule has 142 valence electrons. The standard InChI is InChI=1S/C23H23N3O2/c1-18(27)26(17-19-9-4-2-5-10-19)22(21-12-6-3-7-13-21)23(28)25-16-20-11-8-14-24-15-20/h2-15,22H,16-17H2,1H3,(H,25,28)/t22-/m1/s1. The predicted octanol–water partition coefficient (Wildman–Crippen LogP) is 3.49. The molecule has 1 aromatic heterocycles. The van der Waals surface area contributed by atoms with E-state index in [2.05, 4.69) is 10.3 Å². The van der Waals surface area contributed by atoms with Crippen molar-refractivity contribution < 1.29 is 9.59 Å². The molecular formula is C23H23N3O2. The molecule has 5 nitrogen and oxygen atoms in total. The summed E-state index contributed by atoms with van der Waals surface area (Å²) in [6.45, 7) is 2.20. The van der Waals surface area contributed by atoms with Crippen LogP contribution in [0.4, 0.5) is 0 Å². The third-order valence-electron chi connectivity index (χ3n) is 4.47. The Labute approximate surface area is 165 Å². The Morgan fingerprint density at radius 3 is 2.18 bits per heavy atom. The quantitative estimate of drug-likeness (QED) is 0.690. The zero-order chi connectivity index (χ0) is 19.8. The maximum atomic E-state index is 13.1. The summed E-state index contributed by atoms with van der Waals surface area (Å²) < 4.78 is 0. The van der Waals surface area contributed by atoms with Gasteiger partial charge >= 0.3 is 0 Å². The zero-order valence-electron chi connectivity index (χ0n) is 15.8. The molecule has 0 aliphatic heterocycles. The van der Waals surface area contributed by atoms with E-state index < -0.39 is 6.04 Å². The first-order valence-electron chi connectivity index (χ1n) is 9.18. The number of pyridine rings is 1. The predicted molar refractivity (Wildman–Crippen MR) is 108 cm³/mol. The van der Waals surface area contributed by atoms with Crippen LogP contribution >= 0.6 is 0 Å². The Balaban J connectivity index is 1.86. The average Bonchev–Trinajstić information content (AvgIpc) is 2.74. The average molecular weight is 373 g/mol. The lowest BCUT2D eigenvalue weighted by atomic mass is 10.0. The molecule has 0 saturated carbocycles. The number of rotatable bonds is 7. The van der Waals surface area contributed by atoms with Gasteiger partial charge in [0.25, 0.3) is 0 Å². The van der Waals surface area contributed by atoms with Gasteiger partial charge in [-0.1, -0.05) is 66.7 Å². The van der Waals surface area contributed by atoms with Crippen molar-refractivity contribution in [3.8, 4) is 0 Å². The topological polar surface area (TPSA) is 62.3 Å². The van der Waals surface area contributed by atoms with Crippen molar-refractivity contribution in [3.63, 3.8) is 0 Å². The van der Waals surface area contributed by atoms with E-state index in [4.69, 9.17) is 0 Å². The van der Waals surface area contributed by atoms with E-state index in [-0.39, 0.29) is 11.8 Å². The van der Waals surface area contributed by atoms with Crippen LogP contribution in [0.3, 0.4) is 0 Å². The number of carbonyl (C=O) groups is 2. The van der Waals surface area contributed by atoms with Crippen LogP contribution in [0.25, 0.3) is 0 Å². The summed E-state index contributed by atoms with van der Waals surface area (Å²) in [6.07, 6.45) is 3.40. The lowest BCUT2D eigenvalue weighted by molar-refractivity contribution is -0.140. The van der Waals surface area contributed by atoms with Gasteiger partial charge in [0.2, 0.25) is 11.8 Å². The highest BCUT2D eigenvalue weighted by Crippen LogP contribution is 2.24. The first-order chi connectivity index (χ1) is 13.6. The van der Waals surface area contributed by atoms with E-state index in [0.717, 1.165) is 16.7 Å². The van der Waals surface area contributed by atoms with E-state index in [1.165, 1.54) is 6.92 Å². The number of hydrogen-bond donors (Lipinski definition) is 1. The van der Waals surface area contributed by atoms with Crippen LogP contribution in [-0.2, 0) is 22.7 Å². The molecule has 0 unspecified atom stereocenters. The largest absolute Gasteiger partial charge is 0.350 e. The smallest absolute Gasteiger partial charge is 0.247 e. The van der Waals surface area contributed by atoms with Gasteiger partial charge in [-0.15, -0.1) is 0 Å². The Morgan fingerprint density at radius 2 is 1.57 bits per heavy atom. The molecule has 0 spiro atoms. The number of amides is 2. The first kappa shape index (κ1) is 19.3. The first-order valence-corrected chi connectivity index (χ1v) is 9.18. The van der Waals surface area contributed by atoms with Gasteiger partial charge < -0.3 is 10.2 Å². The summed E-state index contributed by atoms with van der Waals surface area (Å²) in [5.74, 6) is -0.379. The Kier molecular flexibility index (Phi) is 6.52. The number of hydrogen-bond acceptors (Lipinski definition) is 3. The zero-order valence-corrected chi connectivity index (χ0v) is 15.8. The van der Waals surface area contributed by atoms with Crippen molar-refractivity contribution in [2.45, 2.75) is 26.1 Å². The maximum absolute atomic E-state index is 13.1. The highest BCUT2D eigenvalue weighted by molar-refractivity contribution is 5.88. The Morgan fingerprint density at radius 1 is 0.929 bits per heavy atom. The third kappa shape index (κ3) is 5.04. The van der Waals surface area contributed by atoms with Crippen molar-refractivity contribution in [1.82, 2.24) is 15.2 Å². The molecular weight excluding hydrogens is 350 g/mol. The van der Waals surface area contributed by atoms with E-state index in [9.17, 15) is 9.59 Å². The Bertz CT molecular complexity index is 899. The summed E-state index contributed by atoms with van der Waals surface area (Å²) in [5.41, 5.74) is 2.65. The minimum absolute atomic E-state index is 0.158. The molecule has 0 saturated heterocycles. The minimum atomic E-state index is -0.712. The fourth-order valence-electron chi connectivity index (χ4n) is 3.06. The second-order valence-corrected chi connectivity index (χ2v) is 6.52. The molecule has 0 fully saturated rings. The molecule has 3 aromatic rings. The summed E-state index contributed by atoms with van der Waals surface area (Å²) in [4.78, 5) is 31.3. The number of nitrogens with zero attached hydrogens (tertiary/aromatic N) is 2. The fourth-order valence-corrected chi connectivity index (χ4v) is 3.06. The monoisotopic (exact) mass is 373 g/mol. The van der Waals surface area contributed by atoms with Gasteiger partial charge in [-0.3, -0.25) is 14.6 Å². The van der Waals surface area contributed by atoms with Gasteiger partial charge in [-0.2, -0.15) is 0 Å². The van der Waals surface area contributed by atoms with Crippen LogP contribution in [-0.4, -0.2) is 21.7 Å². The summed E-state index contributed by atoms with van der Waals surface area (Å²) in [6, 6.07) is 22.1. The SMILES string of the molecule is CC(=O)N(Cc1ccccc1)[C@@H](C(=O)NCc1cccnc1)c1ccccc1. The van der Waals surface area contributed by atoms with Crippen LogP contribution in [0.5, 0.6) is 0 Å². The van der Waals surface area contributed by atoms with Gasteiger partial charge in [0, 0.05) is 32.4 Å². The maximum Gasteiger partial charge on any atom is 0.247 e. The highest BCUT2D eigenvalue weighted by atomic mass is 16.2. The second-order valence-electron chi connectivity index (χ2n) is 6.52. The molecule has 0 aliphatic carbocycles. The normalized spacial score (nSPS) is 11.5. The third-order valence-corrected chi connectivity index (χ3v) is 4.47. The number of aromatic nitrogens is 1. The molecule has 28 heavy (non-hydrogen) atoms. The van der Waals surface area contributed by atoms with E-state index >= 15 is 0 Å². The molecule has 0 bridgehead atoms. The minimum Gasteiger partial charge on any atom is -0.350 e. The molecule has 0 aliphatic rings. The van der Waals surface area contributed by atoms with Gasteiger partial charge in [-0.25, -0.2) is 0 Å². The van der Waals surface area contributed by atoms with Crippen molar-refractivity contribution >= 4 is 11.8 Å². The lowest BCUT2D eigenvalue weighted by Gasteiger charge is -2.30. The van der Waals surface area contributed by atoms with E-state index in [1.807, 2.05) is 72.8 Å². The van der Waals surface area contributed by atoms with Crippen molar-refractivity contribution in [3.05, 3.63) is 102 Å². The number of benzene rings is 2. The second kappa shape index (κ2) is 9.46. The van der Waals surface area contributed by atoms with Crippen LogP contribution in [0.15, 0.2) is 85.2 Å². The van der Waals surface area contributed by atoms with Gasteiger partial charge in [0.05, 0.1) is 0 Å². The van der Waals surface area contributed by atoms with Crippen LogP contribution < -0.4 is 5.32 Å². The van der Waals surface area contributed by atoms with Crippen LogP contribution in [0.2, 0.25) is 0 Å². The summed E-state index contributed by atoms with van der Waals surface area (Å²) in [5, 5.41) is 2.95. The molecule has 2 aromatic carbocycles. The fraction of sp³-hybridized carbons (Fsp3) is 0.174. The van der Waals surface area contributed by atoms with Crippen molar-refractivity contribution in [2.75, 3.05) is 0 Å². The van der Waals surface area contributed by atoms with Crippen molar-refractivity contribution in [2.24, 2.45) is 0 Å². The summed E-state index contributed by atoms with van der Waals surface area (Å²) >= 11 is 0. The highest BCUT2D eigenvalue weighted by Gasteiger charge is 2.29. The van der Waals surface area contributed by atoms with Gasteiger partial charge in [0.1, 0.15) is 6.04 Å². The Hall–Kier alpha value is -3.47. The molecule has 1 heterocycles. The molecule has 3 rings (SSSR count). The molecule has 5 heteroatoms. The van der Waals surface area contributed by atoms with Gasteiger partial charge in [-0.05, 0) is 22.8 Å². The van der Waals surface area contributed by atoms with Crippen LogP contribution in [0.1, 0.15) is 29.7 Å². The summed E-state index contributed by atoms with van der Waals surface area (Å²) in [7, 11) is 0. The van der Waals surface area contributed by atoms with Gasteiger partial charge in [0.15, 0.2) is 0 Å². The van der Waals surface area contributed by atoms with E-state index in [0.29, 0.717) is 13.1 Å².